The number of carbonyl (C=O) groups excluding carboxylic acids is 1. The molecule has 0 saturated carbocycles. The van der Waals surface area contributed by atoms with Crippen molar-refractivity contribution in [2.45, 2.75) is 52.1 Å². The molecule has 1 aromatic heterocycles. The molecule has 0 aromatic carbocycles. The van der Waals surface area contributed by atoms with Gasteiger partial charge in [0.05, 0.1) is 6.54 Å². The molecule has 1 fully saturated rings. The summed E-state index contributed by atoms with van der Waals surface area (Å²) in [5.74, 6) is 1.44. The largest absolute Gasteiger partial charge is 0.466 e. The molecular weight excluding hydrogens is 306 g/mol. The second kappa shape index (κ2) is 8.53. The first-order chi connectivity index (χ1) is 11.4. The summed E-state index contributed by atoms with van der Waals surface area (Å²) in [7, 11) is 0. The highest BCUT2D eigenvalue weighted by atomic mass is 16.3. The molecule has 136 valence electrons. The van der Waals surface area contributed by atoms with Gasteiger partial charge in [-0.2, -0.15) is 0 Å². The van der Waals surface area contributed by atoms with E-state index in [1.807, 2.05) is 19.9 Å². The number of nitrogens with one attached hydrogen (secondary N) is 2. The zero-order valence-electron chi connectivity index (χ0n) is 15.2. The van der Waals surface area contributed by atoms with Crippen LogP contribution in [0.2, 0.25) is 0 Å². The Morgan fingerprint density at radius 1 is 1.29 bits per heavy atom. The van der Waals surface area contributed by atoms with Crippen molar-refractivity contribution in [2.24, 2.45) is 0 Å². The summed E-state index contributed by atoms with van der Waals surface area (Å²) in [5, 5.41) is 16.1. The minimum absolute atomic E-state index is 0.145. The summed E-state index contributed by atoms with van der Waals surface area (Å²) in [6, 6.07) is 1.57. The summed E-state index contributed by atoms with van der Waals surface area (Å²) >= 11 is 0. The molecule has 2 heterocycles. The Bertz CT molecular complexity index is 534. The van der Waals surface area contributed by atoms with Crippen LogP contribution in [0, 0.1) is 13.8 Å². The normalized spacial score (nSPS) is 17.7. The Kier molecular flexibility index (Phi) is 6.69. The molecule has 3 N–H and O–H groups in total. The average Bonchev–Trinajstić information content (AvgIpc) is 3.14. The molecule has 1 unspecified atom stereocenters. The monoisotopic (exact) mass is 337 g/mol. The highest BCUT2D eigenvalue weighted by Crippen LogP contribution is 2.26. The molecule has 6 heteroatoms. The molecule has 2 amide bonds. The van der Waals surface area contributed by atoms with Crippen molar-refractivity contribution in [3.63, 3.8) is 0 Å². The summed E-state index contributed by atoms with van der Waals surface area (Å²) in [4.78, 5) is 14.3. The van der Waals surface area contributed by atoms with Gasteiger partial charge in [0, 0.05) is 12.1 Å². The van der Waals surface area contributed by atoms with Crippen LogP contribution in [0.5, 0.6) is 0 Å². The number of hydrogen-bond donors (Lipinski definition) is 3. The summed E-state index contributed by atoms with van der Waals surface area (Å²) in [6.45, 7) is 9.70. The number of hydrogen-bond acceptors (Lipinski definition) is 4. The van der Waals surface area contributed by atoms with Gasteiger partial charge in [0.1, 0.15) is 17.1 Å². The molecule has 0 bridgehead atoms. The van der Waals surface area contributed by atoms with Crippen molar-refractivity contribution in [1.29, 1.82) is 0 Å². The van der Waals surface area contributed by atoms with Gasteiger partial charge in [-0.3, -0.25) is 0 Å². The molecule has 0 spiro atoms. The van der Waals surface area contributed by atoms with Gasteiger partial charge in [-0.05, 0) is 72.2 Å². The third kappa shape index (κ3) is 5.53. The van der Waals surface area contributed by atoms with Crippen LogP contribution in [0.3, 0.4) is 0 Å². The van der Waals surface area contributed by atoms with Gasteiger partial charge >= 0.3 is 6.03 Å². The van der Waals surface area contributed by atoms with Gasteiger partial charge in [-0.15, -0.1) is 0 Å². The number of aryl methyl sites for hydroxylation is 2. The van der Waals surface area contributed by atoms with Crippen molar-refractivity contribution < 1.29 is 14.3 Å². The molecule has 2 rings (SSSR count). The van der Waals surface area contributed by atoms with E-state index in [0.717, 1.165) is 25.1 Å². The predicted octanol–water partition coefficient (Wildman–Crippen LogP) is 2.28. The Balaban J connectivity index is 1.62. The number of likely N-dealkylation sites (tertiary alicyclic amines) is 1. The number of urea groups is 1. The molecule has 24 heavy (non-hydrogen) atoms. The number of aliphatic hydroxyl groups is 1. The lowest BCUT2D eigenvalue weighted by Crippen LogP contribution is -2.43. The first kappa shape index (κ1) is 18.8. The molecule has 1 atom stereocenters. The fraction of sp³-hybridized carbons (Fsp3) is 0.722. The lowest BCUT2D eigenvalue weighted by Gasteiger charge is -2.23. The van der Waals surface area contributed by atoms with E-state index in [4.69, 9.17) is 4.42 Å². The fourth-order valence-electron chi connectivity index (χ4n) is 3.24. The number of amides is 2. The van der Waals surface area contributed by atoms with Crippen LogP contribution < -0.4 is 10.6 Å². The van der Waals surface area contributed by atoms with Gasteiger partial charge in [0.15, 0.2) is 0 Å². The first-order valence-electron chi connectivity index (χ1n) is 8.92. The molecule has 1 saturated heterocycles. The van der Waals surface area contributed by atoms with Crippen LogP contribution in [0.25, 0.3) is 0 Å². The van der Waals surface area contributed by atoms with Crippen LogP contribution in [0.1, 0.15) is 49.7 Å². The van der Waals surface area contributed by atoms with Gasteiger partial charge in [-0.25, -0.2) is 4.79 Å². The molecule has 1 aliphatic heterocycles. The molecule has 1 aromatic rings. The number of nitrogens with zero attached hydrogens (tertiary/aromatic N) is 1. The number of furan rings is 1. The lowest BCUT2D eigenvalue weighted by atomic mass is 9.96. The highest BCUT2D eigenvalue weighted by Gasteiger charge is 2.28. The van der Waals surface area contributed by atoms with Gasteiger partial charge in [-0.1, -0.05) is 0 Å². The smallest absolute Gasteiger partial charge is 0.314 e. The average molecular weight is 337 g/mol. The highest BCUT2D eigenvalue weighted by molar-refractivity contribution is 5.73. The summed E-state index contributed by atoms with van der Waals surface area (Å²) in [6.07, 6.45) is 4.71. The van der Waals surface area contributed by atoms with Crippen molar-refractivity contribution in [1.82, 2.24) is 15.5 Å². The van der Waals surface area contributed by atoms with E-state index in [2.05, 4.69) is 15.5 Å². The van der Waals surface area contributed by atoms with E-state index in [0.29, 0.717) is 17.9 Å². The molecular formula is C18H31N3O3. The van der Waals surface area contributed by atoms with Crippen molar-refractivity contribution in [2.75, 3.05) is 32.7 Å². The minimum Gasteiger partial charge on any atom is -0.466 e. The predicted molar refractivity (Wildman–Crippen MR) is 94.1 cm³/mol. The number of unbranched alkanes of at least 4 members (excludes halogenated alkanes) is 1. The first-order valence-corrected chi connectivity index (χ1v) is 8.92. The van der Waals surface area contributed by atoms with Gasteiger partial charge < -0.3 is 25.1 Å². The standard InChI is InChI=1S/C18H31N3O3/c1-14-12-16(15(2)24-14)18(3,23)13-20-17(22)19-8-4-5-9-21-10-6-7-11-21/h12,23H,4-11,13H2,1-3H3,(H2,19,20,22). The molecule has 6 nitrogen and oxygen atoms in total. The van der Waals surface area contributed by atoms with E-state index in [-0.39, 0.29) is 12.6 Å². The Morgan fingerprint density at radius 2 is 2.00 bits per heavy atom. The topological polar surface area (TPSA) is 77.7 Å². The van der Waals surface area contributed by atoms with Crippen LogP contribution in [-0.4, -0.2) is 48.8 Å². The Labute approximate surface area is 144 Å². The van der Waals surface area contributed by atoms with E-state index in [1.165, 1.54) is 25.9 Å². The summed E-state index contributed by atoms with van der Waals surface area (Å²) < 4.78 is 5.45. The number of rotatable bonds is 8. The maximum Gasteiger partial charge on any atom is 0.314 e. The SMILES string of the molecule is Cc1cc(C(C)(O)CNC(=O)NCCCCN2CCCC2)c(C)o1. The Morgan fingerprint density at radius 3 is 2.62 bits per heavy atom. The summed E-state index contributed by atoms with van der Waals surface area (Å²) in [5.41, 5.74) is -0.430. The van der Waals surface area contributed by atoms with E-state index in [1.54, 1.807) is 6.92 Å². The van der Waals surface area contributed by atoms with Crippen LogP contribution in [0.15, 0.2) is 10.5 Å². The maximum atomic E-state index is 11.9. The zero-order chi connectivity index (χ0) is 17.6. The third-order valence-corrected chi connectivity index (χ3v) is 4.60. The Hall–Kier alpha value is -1.53. The quantitative estimate of drug-likeness (QED) is 0.636. The van der Waals surface area contributed by atoms with Gasteiger partial charge in [0.2, 0.25) is 0 Å². The van der Waals surface area contributed by atoms with Crippen LogP contribution in [-0.2, 0) is 5.60 Å². The van der Waals surface area contributed by atoms with Crippen LogP contribution >= 0.6 is 0 Å². The van der Waals surface area contributed by atoms with E-state index >= 15 is 0 Å². The van der Waals surface area contributed by atoms with E-state index < -0.39 is 5.60 Å². The fourth-order valence-corrected chi connectivity index (χ4v) is 3.24. The third-order valence-electron chi connectivity index (χ3n) is 4.60. The van der Waals surface area contributed by atoms with E-state index in [9.17, 15) is 9.90 Å². The minimum atomic E-state index is -1.14. The van der Waals surface area contributed by atoms with Gasteiger partial charge in [0.25, 0.3) is 0 Å². The van der Waals surface area contributed by atoms with Crippen LogP contribution in [0.4, 0.5) is 4.79 Å². The molecule has 0 radical (unpaired) electrons. The zero-order valence-corrected chi connectivity index (χ0v) is 15.2. The second-order valence-corrected chi connectivity index (χ2v) is 6.97. The molecule has 1 aliphatic rings. The van der Waals surface area contributed by atoms with Crippen molar-refractivity contribution in [3.05, 3.63) is 23.2 Å². The molecule has 0 aliphatic carbocycles. The van der Waals surface area contributed by atoms with Crippen molar-refractivity contribution in [3.8, 4) is 0 Å². The maximum absolute atomic E-state index is 11.9. The number of carbonyl (C=O) groups is 1. The van der Waals surface area contributed by atoms with Crippen molar-refractivity contribution >= 4 is 6.03 Å². The lowest BCUT2D eigenvalue weighted by molar-refractivity contribution is 0.0579. The second-order valence-electron chi connectivity index (χ2n) is 6.97.